The number of fused-ring (bicyclic) bond motifs is 1. The Morgan fingerprint density at radius 1 is 0.966 bits per heavy atom. The van der Waals surface area contributed by atoms with Gasteiger partial charge in [0.25, 0.3) is 0 Å². The van der Waals surface area contributed by atoms with Gasteiger partial charge in [-0.2, -0.15) is 0 Å². The van der Waals surface area contributed by atoms with Gasteiger partial charge in [-0.25, -0.2) is 0 Å². The molecule has 0 aliphatic heterocycles. The van der Waals surface area contributed by atoms with Crippen LogP contribution in [0.1, 0.15) is 80.6 Å². The van der Waals surface area contributed by atoms with E-state index in [4.69, 9.17) is 4.74 Å². The van der Waals surface area contributed by atoms with Crippen LogP contribution in [0.5, 0.6) is 5.75 Å². The normalized spacial score (nSPS) is 16.9. The highest BCUT2D eigenvalue weighted by Gasteiger charge is 2.38. The molecule has 1 unspecified atom stereocenters. The Labute approximate surface area is 176 Å². The zero-order chi connectivity index (χ0) is 21.7. The summed E-state index contributed by atoms with van der Waals surface area (Å²) in [6, 6.07) is 8.75. The maximum absolute atomic E-state index is 13.4. The molecule has 0 amide bonds. The standard InChI is InChI=1S/C27H36O2/c1-16-10-17(2)12-18(11-16)23-20-13-19(15-26(3,4)5)24(28)21(20)14-22(25(23)29-9)27(6,7)8/h10-12,14,19H,13,15H2,1-9H3. The Hall–Kier alpha value is -2.09. The second kappa shape index (κ2) is 7.31. The fourth-order valence-electron chi connectivity index (χ4n) is 4.79. The number of rotatable bonds is 3. The van der Waals surface area contributed by atoms with Gasteiger partial charge in [0.05, 0.1) is 7.11 Å². The molecule has 0 bridgehead atoms. The van der Waals surface area contributed by atoms with E-state index in [2.05, 4.69) is 79.7 Å². The summed E-state index contributed by atoms with van der Waals surface area (Å²) in [6.45, 7) is 17.5. The molecule has 2 aromatic rings. The zero-order valence-electron chi connectivity index (χ0n) is 19.6. The fraction of sp³-hybridized carbons (Fsp3) is 0.519. The summed E-state index contributed by atoms with van der Waals surface area (Å²) in [7, 11) is 1.76. The number of methoxy groups -OCH3 is 1. The lowest BCUT2D eigenvalue weighted by molar-refractivity contribution is 0.0903. The van der Waals surface area contributed by atoms with E-state index in [1.807, 2.05) is 0 Å². The molecule has 0 N–H and O–H groups in total. The summed E-state index contributed by atoms with van der Waals surface area (Å²) in [6.07, 6.45) is 1.70. The molecule has 0 saturated heterocycles. The molecule has 0 saturated carbocycles. The highest BCUT2D eigenvalue weighted by Crippen LogP contribution is 2.48. The lowest BCUT2D eigenvalue weighted by atomic mass is 9.81. The van der Waals surface area contributed by atoms with Crippen molar-refractivity contribution in [1.29, 1.82) is 0 Å². The van der Waals surface area contributed by atoms with Crippen molar-refractivity contribution in [3.05, 3.63) is 52.1 Å². The van der Waals surface area contributed by atoms with Gasteiger partial charge in [-0.1, -0.05) is 70.9 Å². The second-order valence-corrected chi connectivity index (χ2v) is 11.0. The molecule has 29 heavy (non-hydrogen) atoms. The topological polar surface area (TPSA) is 26.3 Å². The summed E-state index contributed by atoms with van der Waals surface area (Å²) >= 11 is 0. The molecular weight excluding hydrogens is 356 g/mol. The predicted molar refractivity (Wildman–Crippen MR) is 122 cm³/mol. The number of hydrogen-bond donors (Lipinski definition) is 0. The van der Waals surface area contributed by atoms with Crippen LogP contribution in [0.2, 0.25) is 0 Å². The molecule has 0 heterocycles. The van der Waals surface area contributed by atoms with Gasteiger partial charge in [0.1, 0.15) is 5.75 Å². The number of hydrogen-bond acceptors (Lipinski definition) is 2. The highest BCUT2D eigenvalue weighted by molar-refractivity contribution is 6.05. The molecule has 3 rings (SSSR count). The third-order valence-corrected chi connectivity index (χ3v) is 5.86. The van der Waals surface area contributed by atoms with Crippen molar-refractivity contribution in [3.8, 4) is 16.9 Å². The summed E-state index contributed by atoms with van der Waals surface area (Å²) in [5, 5.41) is 0. The maximum atomic E-state index is 13.4. The van der Waals surface area contributed by atoms with E-state index >= 15 is 0 Å². The Morgan fingerprint density at radius 3 is 2.03 bits per heavy atom. The van der Waals surface area contributed by atoms with E-state index < -0.39 is 0 Å². The number of Topliss-reactive ketones (excluding diaryl/α,β-unsaturated/α-hetero) is 1. The fourth-order valence-corrected chi connectivity index (χ4v) is 4.79. The van der Waals surface area contributed by atoms with Gasteiger partial charge in [0.15, 0.2) is 5.78 Å². The summed E-state index contributed by atoms with van der Waals surface area (Å²) in [5.74, 6) is 1.27. The molecule has 0 fully saturated rings. The van der Waals surface area contributed by atoms with Gasteiger partial charge in [-0.05, 0) is 54.7 Å². The Bertz CT molecular complexity index is 932. The van der Waals surface area contributed by atoms with Gasteiger partial charge in [0.2, 0.25) is 0 Å². The van der Waals surface area contributed by atoms with Gasteiger partial charge < -0.3 is 4.74 Å². The number of ether oxygens (including phenoxy) is 1. The highest BCUT2D eigenvalue weighted by atomic mass is 16.5. The first kappa shape index (κ1) is 21.6. The number of benzene rings is 2. The van der Waals surface area contributed by atoms with Crippen molar-refractivity contribution in [2.75, 3.05) is 7.11 Å². The third-order valence-electron chi connectivity index (χ3n) is 5.86. The zero-order valence-corrected chi connectivity index (χ0v) is 19.6. The minimum atomic E-state index is -0.115. The minimum absolute atomic E-state index is 0.0505. The Kier molecular flexibility index (Phi) is 5.45. The molecule has 2 nitrogen and oxygen atoms in total. The van der Waals surface area contributed by atoms with Crippen molar-refractivity contribution in [1.82, 2.24) is 0 Å². The third kappa shape index (κ3) is 4.27. The van der Waals surface area contributed by atoms with Crippen molar-refractivity contribution >= 4 is 5.78 Å². The van der Waals surface area contributed by atoms with Crippen LogP contribution in [-0.2, 0) is 11.8 Å². The van der Waals surface area contributed by atoms with Crippen LogP contribution in [0.4, 0.5) is 0 Å². The quantitative estimate of drug-likeness (QED) is 0.558. The van der Waals surface area contributed by atoms with Crippen LogP contribution in [0, 0.1) is 25.2 Å². The van der Waals surface area contributed by atoms with Crippen LogP contribution >= 0.6 is 0 Å². The van der Waals surface area contributed by atoms with Crippen LogP contribution < -0.4 is 4.74 Å². The molecule has 1 atom stereocenters. The van der Waals surface area contributed by atoms with Crippen LogP contribution in [0.25, 0.3) is 11.1 Å². The van der Waals surface area contributed by atoms with Crippen molar-refractivity contribution in [3.63, 3.8) is 0 Å². The first-order valence-electron chi connectivity index (χ1n) is 10.7. The lowest BCUT2D eigenvalue weighted by Gasteiger charge is -2.26. The molecule has 1 aliphatic carbocycles. The molecule has 0 aromatic heterocycles. The molecular formula is C27H36O2. The molecule has 0 radical (unpaired) electrons. The monoisotopic (exact) mass is 392 g/mol. The summed E-state index contributed by atoms with van der Waals surface area (Å²) < 4.78 is 6.02. The van der Waals surface area contributed by atoms with Crippen LogP contribution in [0.3, 0.4) is 0 Å². The van der Waals surface area contributed by atoms with Gasteiger partial charge in [-0.15, -0.1) is 0 Å². The van der Waals surface area contributed by atoms with Crippen molar-refractivity contribution in [2.45, 2.75) is 73.6 Å². The van der Waals surface area contributed by atoms with E-state index in [0.29, 0.717) is 5.78 Å². The average molecular weight is 393 g/mol. The largest absolute Gasteiger partial charge is 0.496 e. The summed E-state index contributed by atoms with van der Waals surface area (Å²) in [4.78, 5) is 13.4. The SMILES string of the molecule is COc1c(C(C)(C)C)cc2c(c1-c1cc(C)cc(C)c1)CC(CC(C)(C)C)C2=O. The smallest absolute Gasteiger partial charge is 0.166 e. The number of aryl methyl sites for hydroxylation is 2. The van der Waals surface area contributed by atoms with E-state index in [1.54, 1.807) is 7.11 Å². The van der Waals surface area contributed by atoms with E-state index in [9.17, 15) is 4.79 Å². The average Bonchev–Trinajstić information content (AvgIpc) is 2.85. The number of carbonyl (C=O) groups excluding carboxylic acids is 1. The second-order valence-electron chi connectivity index (χ2n) is 11.0. The Balaban J connectivity index is 2.32. The van der Waals surface area contributed by atoms with Crippen molar-refractivity contribution < 1.29 is 9.53 Å². The minimum Gasteiger partial charge on any atom is -0.496 e. The van der Waals surface area contributed by atoms with Gasteiger partial charge in [-0.3, -0.25) is 4.79 Å². The predicted octanol–water partition coefficient (Wildman–Crippen LogP) is 7.07. The maximum Gasteiger partial charge on any atom is 0.166 e. The van der Waals surface area contributed by atoms with Crippen LogP contribution in [-0.4, -0.2) is 12.9 Å². The molecule has 156 valence electrons. The first-order valence-corrected chi connectivity index (χ1v) is 10.7. The molecule has 0 spiro atoms. The van der Waals surface area contributed by atoms with Gasteiger partial charge in [0, 0.05) is 22.6 Å². The molecule has 1 aliphatic rings. The van der Waals surface area contributed by atoms with E-state index in [0.717, 1.165) is 40.8 Å². The number of ketones is 1. The first-order chi connectivity index (χ1) is 13.3. The van der Waals surface area contributed by atoms with E-state index in [1.165, 1.54) is 16.7 Å². The van der Waals surface area contributed by atoms with Crippen LogP contribution in [0.15, 0.2) is 24.3 Å². The molecule has 2 aromatic carbocycles. The molecule has 2 heteroatoms. The number of carbonyl (C=O) groups is 1. The Morgan fingerprint density at radius 2 is 1.55 bits per heavy atom. The van der Waals surface area contributed by atoms with Gasteiger partial charge >= 0.3 is 0 Å². The lowest BCUT2D eigenvalue weighted by Crippen LogP contribution is -2.18. The van der Waals surface area contributed by atoms with Crippen molar-refractivity contribution in [2.24, 2.45) is 11.3 Å². The summed E-state index contributed by atoms with van der Waals surface area (Å²) in [5.41, 5.74) is 7.92. The van der Waals surface area contributed by atoms with E-state index in [-0.39, 0.29) is 16.7 Å².